The summed E-state index contributed by atoms with van der Waals surface area (Å²) in [5.41, 5.74) is 0.285. The Morgan fingerprint density at radius 2 is 1.93 bits per heavy atom. The number of hydrogen-bond donors (Lipinski definition) is 1. The van der Waals surface area contributed by atoms with Crippen LogP contribution in [0.15, 0.2) is 27.9 Å². The number of aryl methyl sites for hydroxylation is 1. The van der Waals surface area contributed by atoms with Crippen LogP contribution in [0.4, 0.5) is 0 Å². The zero-order valence-corrected chi connectivity index (χ0v) is 18.3. The van der Waals surface area contributed by atoms with Crippen LogP contribution >= 0.6 is 11.6 Å². The van der Waals surface area contributed by atoms with Crippen molar-refractivity contribution >= 4 is 21.6 Å². The maximum absolute atomic E-state index is 13.1. The summed E-state index contributed by atoms with van der Waals surface area (Å²) in [7, 11) is -1.71. The number of aromatic amines is 1. The molecule has 0 radical (unpaired) electrons. The molecule has 1 aliphatic heterocycles. The Kier molecular flexibility index (Phi) is 6.62. The molecule has 29 heavy (non-hydrogen) atoms. The van der Waals surface area contributed by atoms with Gasteiger partial charge in [0.25, 0.3) is 5.56 Å². The highest BCUT2D eigenvalue weighted by Gasteiger charge is 2.28. The molecule has 0 spiro atoms. The van der Waals surface area contributed by atoms with Crippen LogP contribution in [-0.2, 0) is 10.0 Å². The van der Waals surface area contributed by atoms with E-state index in [4.69, 9.17) is 16.3 Å². The fourth-order valence-corrected chi connectivity index (χ4v) is 4.61. The predicted octanol–water partition coefficient (Wildman–Crippen LogP) is 2.12. The van der Waals surface area contributed by atoms with Crippen LogP contribution in [-0.4, -0.2) is 67.4 Å². The van der Waals surface area contributed by atoms with Crippen molar-refractivity contribution in [2.24, 2.45) is 0 Å². The number of sulfonamides is 1. The summed E-state index contributed by atoms with van der Waals surface area (Å²) in [5, 5.41) is 0.00555. The van der Waals surface area contributed by atoms with E-state index in [0.717, 1.165) is 6.42 Å². The Hall–Kier alpha value is -1.94. The number of nitrogens with one attached hydrogen (secondary N) is 1. The van der Waals surface area contributed by atoms with Crippen LogP contribution < -0.4 is 10.3 Å². The van der Waals surface area contributed by atoms with Gasteiger partial charge < -0.3 is 14.6 Å². The third-order valence-electron chi connectivity index (χ3n) is 4.80. The number of hydrogen-bond acceptors (Lipinski definition) is 6. The minimum absolute atomic E-state index is 0.00555. The number of benzene rings is 1. The maximum atomic E-state index is 13.1. The Bertz CT molecular complexity index is 1050. The highest BCUT2D eigenvalue weighted by atomic mass is 35.5. The fraction of sp³-hybridized carbons (Fsp3) is 0.474. The van der Waals surface area contributed by atoms with E-state index in [2.05, 4.69) is 14.9 Å². The van der Waals surface area contributed by atoms with Crippen molar-refractivity contribution in [1.29, 1.82) is 0 Å². The molecule has 0 saturated carbocycles. The first kappa shape index (κ1) is 21.8. The van der Waals surface area contributed by atoms with E-state index in [9.17, 15) is 13.2 Å². The van der Waals surface area contributed by atoms with Crippen LogP contribution in [0.5, 0.6) is 5.75 Å². The largest absolute Gasteiger partial charge is 0.493 e. The summed E-state index contributed by atoms with van der Waals surface area (Å²) in [4.78, 5) is 21.3. The zero-order chi connectivity index (χ0) is 21.2. The number of likely N-dealkylation sites (N-methyl/N-ethyl adjacent to an activating group) is 1. The van der Waals surface area contributed by atoms with Crippen molar-refractivity contribution in [3.63, 3.8) is 0 Å². The molecule has 158 valence electrons. The van der Waals surface area contributed by atoms with Gasteiger partial charge in [0.1, 0.15) is 16.6 Å². The van der Waals surface area contributed by atoms with Crippen molar-refractivity contribution in [3.8, 4) is 17.1 Å². The summed E-state index contributed by atoms with van der Waals surface area (Å²) in [6.07, 6.45) is 0.782. The number of piperazine rings is 1. The van der Waals surface area contributed by atoms with Crippen molar-refractivity contribution in [3.05, 3.63) is 39.3 Å². The summed E-state index contributed by atoms with van der Waals surface area (Å²) < 4.78 is 33.5. The van der Waals surface area contributed by atoms with Gasteiger partial charge in [0.15, 0.2) is 0 Å². The summed E-state index contributed by atoms with van der Waals surface area (Å²) in [5.74, 6) is 0.674. The fourth-order valence-electron chi connectivity index (χ4n) is 3.07. The topological polar surface area (TPSA) is 95.6 Å². The number of ether oxygens (including phenoxy) is 1. The van der Waals surface area contributed by atoms with Gasteiger partial charge in [0.05, 0.1) is 22.8 Å². The second-order valence-electron chi connectivity index (χ2n) is 7.03. The molecular formula is C19H25ClN4O4S. The molecule has 0 unspecified atom stereocenters. The second-order valence-corrected chi connectivity index (χ2v) is 9.34. The van der Waals surface area contributed by atoms with E-state index in [1.165, 1.54) is 16.4 Å². The van der Waals surface area contributed by atoms with E-state index in [-0.39, 0.29) is 15.7 Å². The highest BCUT2D eigenvalue weighted by molar-refractivity contribution is 7.89. The molecule has 1 N–H and O–H groups in total. The molecule has 0 aliphatic carbocycles. The van der Waals surface area contributed by atoms with Crippen molar-refractivity contribution in [1.82, 2.24) is 19.2 Å². The van der Waals surface area contributed by atoms with E-state index in [1.54, 1.807) is 13.0 Å². The smallest absolute Gasteiger partial charge is 0.270 e. The maximum Gasteiger partial charge on any atom is 0.270 e. The average Bonchev–Trinajstić information content (AvgIpc) is 2.70. The number of aromatic nitrogens is 2. The summed E-state index contributed by atoms with van der Waals surface area (Å²) in [6, 6.07) is 4.64. The van der Waals surface area contributed by atoms with Crippen LogP contribution in [0.3, 0.4) is 0 Å². The van der Waals surface area contributed by atoms with E-state index in [1.807, 2.05) is 14.0 Å². The predicted molar refractivity (Wildman–Crippen MR) is 112 cm³/mol. The highest BCUT2D eigenvalue weighted by Crippen LogP contribution is 2.32. The Morgan fingerprint density at radius 3 is 2.55 bits per heavy atom. The molecule has 10 heteroatoms. The van der Waals surface area contributed by atoms with Crippen LogP contribution in [0.2, 0.25) is 5.02 Å². The monoisotopic (exact) mass is 440 g/mol. The van der Waals surface area contributed by atoms with Gasteiger partial charge in [-0.25, -0.2) is 13.4 Å². The van der Waals surface area contributed by atoms with Crippen molar-refractivity contribution < 1.29 is 13.2 Å². The van der Waals surface area contributed by atoms with Crippen molar-refractivity contribution in [2.45, 2.75) is 25.2 Å². The van der Waals surface area contributed by atoms with E-state index in [0.29, 0.717) is 49.8 Å². The Morgan fingerprint density at radius 1 is 1.24 bits per heavy atom. The molecule has 0 atom stereocenters. The number of halogens is 1. The van der Waals surface area contributed by atoms with Crippen molar-refractivity contribution in [2.75, 3.05) is 39.8 Å². The summed E-state index contributed by atoms with van der Waals surface area (Å²) in [6.45, 7) is 6.25. The lowest BCUT2D eigenvalue weighted by atomic mass is 10.2. The first-order valence-corrected chi connectivity index (χ1v) is 11.3. The quantitative estimate of drug-likeness (QED) is 0.739. The number of nitrogens with zero attached hydrogens (tertiary/aromatic N) is 3. The van der Waals surface area contributed by atoms with Crippen LogP contribution in [0, 0.1) is 6.92 Å². The van der Waals surface area contributed by atoms with Crippen LogP contribution in [0.1, 0.15) is 19.0 Å². The molecule has 1 aliphatic rings. The lowest BCUT2D eigenvalue weighted by Crippen LogP contribution is -2.47. The van der Waals surface area contributed by atoms with Gasteiger partial charge in [-0.1, -0.05) is 18.5 Å². The van der Waals surface area contributed by atoms with Gasteiger partial charge in [0.2, 0.25) is 10.0 Å². The molecule has 0 amide bonds. The minimum atomic E-state index is -3.68. The SMILES string of the molecule is CCCOc1ccc(S(=O)(=O)N2CCN(C)CC2)cc1-c1nc(C)c(Cl)c(=O)[nH]1. The normalized spacial score (nSPS) is 16.1. The zero-order valence-electron chi connectivity index (χ0n) is 16.7. The van der Waals surface area contributed by atoms with Gasteiger partial charge in [-0.2, -0.15) is 4.31 Å². The molecule has 2 aromatic rings. The third-order valence-corrected chi connectivity index (χ3v) is 7.14. The van der Waals surface area contributed by atoms with Gasteiger partial charge >= 0.3 is 0 Å². The molecule has 1 saturated heterocycles. The molecule has 1 aromatic heterocycles. The first-order valence-electron chi connectivity index (χ1n) is 9.46. The first-order chi connectivity index (χ1) is 13.7. The van der Waals surface area contributed by atoms with Gasteiger partial charge in [0, 0.05) is 26.2 Å². The van der Waals surface area contributed by atoms with Crippen LogP contribution in [0.25, 0.3) is 11.4 Å². The van der Waals surface area contributed by atoms with E-state index >= 15 is 0 Å². The molecule has 8 nitrogen and oxygen atoms in total. The minimum Gasteiger partial charge on any atom is -0.493 e. The van der Waals surface area contributed by atoms with Gasteiger partial charge in [-0.3, -0.25) is 4.79 Å². The Labute approximate surface area is 175 Å². The van der Waals surface area contributed by atoms with Gasteiger partial charge in [-0.15, -0.1) is 0 Å². The molecule has 1 aromatic carbocycles. The number of rotatable bonds is 6. The Balaban J connectivity index is 2.08. The average molecular weight is 441 g/mol. The molecule has 2 heterocycles. The molecule has 1 fully saturated rings. The summed E-state index contributed by atoms with van der Waals surface area (Å²) >= 11 is 5.93. The van der Waals surface area contributed by atoms with Gasteiger partial charge in [-0.05, 0) is 38.6 Å². The lowest BCUT2D eigenvalue weighted by molar-refractivity contribution is 0.222. The molecule has 3 rings (SSSR count). The molecular weight excluding hydrogens is 416 g/mol. The molecule has 0 bridgehead atoms. The third kappa shape index (κ3) is 4.63. The lowest BCUT2D eigenvalue weighted by Gasteiger charge is -2.31. The second kappa shape index (κ2) is 8.83. The standard InChI is InChI=1S/C19H25ClN4O4S/c1-4-11-28-16-6-5-14(29(26,27)24-9-7-23(3)8-10-24)12-15(16)18-21-13(2)17(20)19(25)22-18/h5-6,12H,4,7-11H2,1-3H3,(H,21,22,25). The van der Waals surface area contributed by atoms with E-state index < -0.39 is 15.6 Å². The number of H-pyrrole nitrogens is 1.